The van der Waals surface area contributed by atoms with Crippen LogP contribution in [0.25, 0.3) is 11.1 Å². The molecular weight excluding hydrogens is 308 g/mol. The Labute approximate surface area is 130 Å². The van der Waals surface area contributed by atoms with Crippen molar-refractivity contribution in [2.45, 2.75) is 45.4 Å². The van der Waals surface area contributed by atoms with Crippen molar-refractivity contribution < 1.29 is 0 Å². The van der Waals surface area contributed by atoms with Gasteiger partial charge in [-0.1, -0.05) is 74.8 Å². The first kappa shape index (κ1) is 13.9. The van der Waals surface area contributed by atoms with Crippen molar-refractivity contribution in [1.82, 2.24) is 0 Å². The van der Waals surface area contributed by atoms with E-state index in [1.807, 2.05) is 0 Å². The first-order valence-corrected chi connectivity index (χ1v) is 7.96. The number of rotatable bonds is 0. The summed E-state index contributed by atoms with van der Waals surface area (Å²) >= 11 is 3.60. The van der Waals surface area contributed by atoms with Crippen LogP contribution in [0.15, 0.2) is 40.9 Å². The first-order chi connectivity index (χ1) is 9.21. The Bertz CT molecular complexity index is 687. The highest BCUT2D eigenvalue weighted by Gasteiger charge is 2.36. The fourth-order valence-corrected chi connectivity index (χ4v) is 3.55. The molecule has 104 valence electrons. The van der Waals surface area contributed by atoms with Crippen molar-refractivity contribution in [3.05, 3.63) is 57.6 Å². The van der Waals surface area contributed by atoms with E-state index in [0.717, 1.165) is 4.47 Å². The maximum atomic E-state index is 3.60. The van der Waals surface area contributed by atoms with E-state index in [4.69, 9.17) is 0 Å². The zero-order chi connectivity index (χ0) is 14.7. The minimum Gasteiger partial charge on any atom is -0.0579 e. The largest absolute Gasteiger partial charge is 0.0579 e. The summed E-state index contributed by atoms with van der Waals surface area (Å²) in [7, 11) is 0. The molecule has 0 nitrogen and oxygen atoms in total. The summed E-state index contributed by atoms with van der Waals surface area (Å²) in [6.07, 6.45) is 0. The SMILES string of the molecule is CC(C)(C)c1ccc2c(c1)C(C)(C)c1ccc(Br)cc1-2. The van der Waals surface area contributed by atoms with Crippen molar-refractivity contribution in [2.75, 3.05) is 0 Å². The topological polar surface area (TPSA) is 0 Å². The lowest BCUT2D eigenvalue weighted by Crippen LogP contribution is -2.17. The highest BCUT2D eigenvalue weighted by molar-refractivity contribution is 9.10. The lowest BCUT2D eigenvalue weighted by Gasteiger charge is -2.25. The van der Waals surface area contributed by atoms with Crippen LogP contribution in [0.2, 0.25) is 0 Å². The quantitative estimate of drug-likeness (QED) is 0.552. The van der Waals surface area contributed by atoms with Gasteiger partial charge in [0.2, 0.25) is 0 Å². The first-order valence-electron chi connectivity index (χ1n) is 7.17. The molecule has 0 unspecified atom stereocenters. The van der Waals surface area contributed by atoms with E-state index >= 15 is 0 Å². The second-order valence-corrected chi connectivity index (χ2v) is 8.24. The lowest BCUT2D eigenvalue weighted by atomic mass is 9.79. The molecule has 0 N–H and O–H groups in total. The van der Waals surface area contributed by atoms with E-state index in [-0.39, 0.29) is 10.8 Å². The lowest BCUT2D eigenvalue weighted by molar-refractivity contribution is 0.584. The molecule has 1 aliphatic carbocycles. The normalized spacial score (nSPS) is 15.9. The highest BCUT2D eigenvalue weighted by atomic mass is 79.9. The van der Waals surface area contributed by atoms with Crippen LogP contribution in [0.1, 0.15) is 51.3 Å². The third kappa shape index (κ3) is 1.95. The van der Waals surface area contributed by atoms with Crippen molar-refractivity contribution in [2.24, 2.45) is 0 Å². The van der Waals surface area contributed by atoms with E-state index < -0.39 is 0 Å². The Morgan fingerprint density at radius 2 is 1.55 bits per heavy atom. The summed E-state index contributed by atoms with van der Waals surface area (Å²) in [5.74, 6) is 0. The van der Waals surface area contributed by atoms with Crippen LogP contribution in [0, 0.1) is 0 Å². The van der Waals surface area contributed by atoms with Gasteiger partial charge in [0.05, 0.1) is 0 Å². The van der Waals surface area contributed by atoms with E-state index in [2.05, 4.69) is 86.9 Å². The molecule has 0 aromatic heterocycles. The van der Waals surface area contributed by atoms with Gasteiger partial charge >= 0.3 is 0 Å². The predicted molar refractivity (Wildman–Crippen MR) is 90.4 cm³/mol. The smallest absolute Gasteiger partial charge is 0.0181 e. The Balaban J connectivity index is 2.28. The molecule has 0 fully saturated rings. The fraction of sp³-hybridized carbons (Fsp3) is 0.368. The molecule has 2 aromatic rings. The number of hydrogen-bond donors (Lipinski definition) is 0. The van der Waals surface area contributed by atoms with Gasteiger partial charge in [0.25, 0.3) is 0 Å². The maximum Gasteiger partial charge on any atom is 0.0181 e. The summed E-state index contributed by atoms with van der Waals surface area (Å²) in [4.78, 5) is 0. The molecule has 3 rings (SSSR count). The van der Waals surface area contributed by atoms with Crippen LogP contribution < -0.4 is 0 Å². The van der Waals surface area contributed by atoms with Crippen LogP contribution in [-0.2, 0) is 10.8 Å². The second-order valence-electron chi connectivity index (χ2n) is 7.33. The Hall–Kier alpha value is -1.08. The monoisotopic (exact) mass is 328 g/mol. The van der Waals surface area contributed by atoms with E-state index in [9.17, 15) is 0 Å². The van der Waals surface area contributed by atoms with Gasteiger partial charge in [-0.2, -0.15) is 0 Å². The van der Waals surface area contributed by atoms with Gasteiger partial charge < -0.3 is 0 Å². The van der Waals surface area contributed by atoms with Crippen LogP contribution in [0.3, 0.4) is 0 Å². The molecule has 20 heavy (non-hydrogen) atoms. The number of hydrogen-bond acceptors (Lipinski definition) is 0. The zero-order valence-corrected chi connectivity index (χ0v) is 14.4. The molecule has 0 radical (unpaired) electrons. The van der Waals surface area contributed by atoms with Gasteiger partial charge in [0.1, 0.15) is 0 Å². The predicted octanol–water partition coefficient (Wildman–Crippen LogP) is 6.05. The highest BCUT2D eigenvalue weighted by Crippen LogP contribution is 2.50. The van der Waals surface area contributed by atoms with Crippen molar-refractivity contribution >= 4 is 15.9 Å². The molecule has 0 amide bonds. The molecule has 0 atom stereocenters. The summed E-state index contributed by atoms with van der Waals surface area (Å²) in [6, 6.07) is 13.6. The van der Waals surface area contributed by atoms with E-state index in [1.54, 1.807) is 0 Å². The molecule has 0 spiro atoms. The number of fused-ring (bicyclic) bond motifs is 3. The fourth-order valence-electron chi connectivity index (χ4n) is 3.19. The Kier molecular flexibility index (Phi) is 2.92. The third-order valence-corrected chi connectivity index (χ3v) is 5.00. The van der Waals surface area contributed by atoms with Crippen LogP contribution in [0.5, 0.6) is 0 Å². The van der Waals surface area contributed by atoms with Gasteiger partial charge in [-0.05, 0) is 45.4 Å². The van der Waals surface area contributed by atoms with Crippen molar-refractivity contribution in [3.63, 3.8) is 0 Å². The van der Waals surface area contributed by atoms with E-state index in [0.29, 0.717) is 0 Å². The van der Waals surface area contributed by atoms with E-state index in [1.165, 1.54) is 27.8 Å². The molecule has 0 saturated heterocycles. The number of benzene rings is 2. The molecular formula is C19H21Br. The number of halogens is 1. The minimum absolute atomic E-state index is 0.0899. The minimum atomic E-state index is 0.0899. The Morgan fingerprint density at radius 1 is 0.850 bits per heavy atom. The molecule has 0 bridgehead atoms. The molecule has 1 heteroatoms. The summed E-state index contributed by atoms with van der Waals surface area (Å²) in [6.45, 7) is 11.5. The van der Waals surface area contributed by atoms with Crippen LogP contribution >= 0.6 is 15.9 Å². The molecule has 2 aromatic carbocycles. The average molecular weight is 329 g/mol. The van der Waals surface area contributed by atoms with Gasteiger partial charge in [-0.15, -0.1) is 0 Å². The van der Waals surface area contributed by atoms with Crippen LogP contribution in [0.4, 0.5) is 0 Å². The second kappa shape index (κ2) is 4.21. The molecule has 1 aliphatic rings. The van der Waals surface area contributed by atoms with Gasteiger partial charge in [-0.25, -0.2) is 0 Å². The van der Waals surface area contributed by atoms with Crippen LogP contribution in [-0.4, -0.2) is 0 Å². The maximum absolute atomic E-state index is 3.60. The van der Waals surface area contributed by atoms with Crippen molar-refractivity contribution in [1.29, 1.82) is 0 Å². The summed E-state index contributed by atoms with van der Waals surface area (Å²) in [5, 5.41) is 0. The van der Waals surface area contributed by atoms with Gasteiger partial charge in [0, 0.05) is 9.89 Å². The summed E-state index contributed by atoms with van der Waals surface area (Å²) < 4.78 is 1.15. The van der Waals surface area contributed by atoms with Crippen molar-refractivity contribution in [3.8, 4) is 11.1 Å². The standard InChI is InChI=1S/C19H21Br/c1-18(2,3)12-6-8-14-15-11-13(20)7-9-16(15)19(4,5)17(14)10-12/h6-11H,1-5H3. The Morgan fingerprint density at radius 3 is 2.20 bits per heavy atom. The van der Waals surface area contributed by atoms with Gasteiger partial charge in [-0.3, -0.25) is 0 Å². The summed E-state index contributed by atoms with van der Waals surface area (Å²) in [5.41, 5.74) is 7.35. The third-order valence-electron chi connectivity index (χ3n) is 4.50. The zero-order valence-electron chi connectivity index (χ0n) is 12.8. The average Bonchev–Trinajstić information content (AvgIpc) is 2.57. The molecule has 0 saturated carbocycles. The van der Waals surface area contributed by atoms with Gasteiger partial charge in [0.15, 0.2) is 0 Å². The molecule has 0 heterocycles. The molecule has 0 aliphatic heterocycles.